The van der Waals surface area contributed by atoms with Crippen molar-refractivity contribution in [1.82, 2.24) is 0 Å². The predicted molar refractivity (Wildman–Crippen MR) is 71.8 cm³/mol. The van der Waals surface area contributed by atoms with Crippen LogP contribution in [-0.4, -0.2) is 0 Å². The Labute approximate surface area is 117 Å². The van der Waals surface area contributed by atoms with E-state index >= 15 is 0 Å². The van der Waals surface area contributed by atoms with E-state index in [1.807, 2.05) is 0 Å². The van der Waals surface area contributed by atoms with Crippen LogP contribution in [0.2, 0.25) is 6.25 Å². The second kappa shape index (κ2) is 5.66. The van der Waals surface area contributed by atoms with Crippen molar-refractivity contribution in [3.63, 3.8) is 0 Å². The molecule has 0 saturated carbocycles. The average Bonchev–Trinajstić information content (AvgIpc) is 2.91. The Morgan fingerprint density at radius 1 is 0.706 bits per heavy atom. The van der Waals surface area contributed by atoms with Crippen LogP contribution in [0.25, 0.3) is 0 Å². The maximum atomic E-state index is 2.49. The molecule has 17 heavy (non-hydrogen) atoms. The first kappa shape index (κ1) is 13.3. The van der Waals surface area contributed by atoms with Crippen LogP contribution in [0.4, 0.5) is 0 Å². The van der Waals surface area contributed by atoms with E-state index in [4.69, 9.17) is 0 Å². The zero-order valence-corrected chi connectivity index (χ0v) is 13.4. The van der Waals surface area contributed by atoms with Gasteiger partial charge in [-0.1, -0.05) is 0 Å². The molecule has 0 amide bonds. The summed E-state index contributed by atoms with van der Waals surface area (Å²) in [5.41, 5.74) is 0. The molecule has 0 bridgehead atoms. The molecule has 2 aliphatic carbocycles. The van der Waals surface area contributed by atoms with Crippen molar-refractivity contribution in [2.24, 2.45) is 0 Å². The van der Waals surface area contributed by atoms with Gasteiger partial charge in [0.05, 0.1) is 0 Å². The van der Waals surface area contributed by atoms with Gasteiger partial charge in [0.15, 0.2) is 0 Å². The molecule has 0 atom stereocenters. The normalized spacial score (nSPS) is 22.5. The molecule has 1 heteroatoms. The van der Waals surface area contributed by atoms with Crippen molar-refractivity contribution >= 4 is 0 Å². The molecular formula is C16H22Zr. The van der Waals surface area contributed by atoms with Crippen molar-refractivity contribution in [2.45, 2.75) is 45.8 Å². The quantitative estimate of drug-likeness (QED) is 0.629. The number of hydrogen-bond acceptors (Lipinski definition) is 0. The van der Waals surface area contributed by atoms with Crippen LogP contribution in [-0.2, 0) is 23.2 Å². The van der Waals surface area contributed by atoms with Gasteiger partial charge in [-0.05, 0) is 0 Å². The Morgan fingerprint density at radius 3 is 1.35 bits per heavy atom. The van der Waals surface area contributed by atoms with Crippen molar-refractivity contribution in [1.29, 1.82) is 0 Å². The van der Waals surface area contributed by atoms with E-state index in [2.05, 4.69) is 62.5 Å². The van der Waals surface area contributed by atoms with Gasteiger partial charge in [-0.15, -0.1) is 0 Å². The molecule has 0 spiro atoms. The van der Waals surface area contributed by atoms with Gasteiger partial charge in [-0.3, -0.25) is 0 Å². The van der Waals surface area contributed by atoms with Gasteiger partial charge in [0, 0.05) is 0 Å². The van der Waals surface area contributed by atoms with E-state index in [-0.39, 0.29) is 0 Å². The third-order valence-electron chi connectivity index (χ3n) is 3.59. The van der Waals surface area contributed by atoms with E-state index in [0.717, 1.165) is 0 Å². The second-order valence-corrected chi connectivity index (χ2v) is 10.3. The topological polar surface area (TPSA) is 0 Å². The van der Waals surface area contributed by atoms with E-state index in [1.54, 1.807) is 0 Å². The third kappa shape index (κ3) is 2.99. The van der Waals surface area contributed by atoms with Crippen LogP contribution in [0, 0.1) is 0 Å². The summed E-state index contributed by atoms with van der Waals surface area (Å²) in [6.45, 7) is 4.63. The Kier molecular flexibility index (Phi) is 4.42. The maximum absolute atomic E-state index is 2.49. The fraction of sp³-hybridized carbons (Fsp3) is 0.500. The molecule has 0 unspecified atom stereocenters. The number of hydrogen-bond donors (Lipinski definition) is 0. The summed E-state index contributed by atoms with van der Waals surface area (Å²) in [7, 11) is 0. The Bertz CT molecular complexity index is 311. The van der Waals surface area contributed by atoms with Crippen LogP contribution >= 0.6 is 0 Å². The van der Waals surface area contributed by atoms with Crippen molar-refractivity contribution in [2.75, 3.05) is 0 Å². The molecule has 0 fully saturated rings. The first-order valence-electron chi connectivity index (χ1n) is 6.78. The van der Waals surface area contributed by atoms with E-state index < -0.39 is 23.2 Å². The van der Waals surface area contributed by atoms with Crippen molar-refractivity contribution in [3.8, 4) is 0 Å². The molecule has 0 radical (unpaired) electrons. The van der Waals surface area contributed by atoms with E-state index in [1.165, 1.54) is 25.7 Å². The molecule has 0 N–H and O–H groups in total. The molecule has 0 aliphatic heterocycles. The van der Waals surface area contributed by atoms with Crippen LogP contribution < -0.4 is 0 Å². The zero-order chi connectivity index (χ0) is 12.2. The molecule has 0 heterocycles. The second-order valence-electron chi connectivity index (χ2n) is 5.14. The summed E-state index contributed by atoms with van der Waals surface area (Å²) in [6.07, 6.45) is 24.3. The standard InChI is InChI=1S/2C8H11.Zr/c2*1-2-5-8-6-3-4-7-8;/h2*3-4,6-7H,2,5H2,1H3;. The van der Waals surface area contributed by atoms with Gasteiger partial charge in [-0.2, -0.15) is 0 Å². The zero-order valence-electron chi connectivity index (χ0n) is 10.9. The van der Waals surface area contributed by atoms with Gasteiger partial charge in [-0.25, -0.2) is 0 Å². The minimum atomic E-state index is -0.545. The molecule has 0 nitrogen and oxygen atoms in total. The minimum absolute atomic E-state index is 0.478. The molecule has 0 saturated heterocycles. The molecule has 90 valence electrons. The molecular weight excluding hydrogens is 283 g/mol. The van der Waals surface area contributed by atoms with Crippen molar-refractivity contribution < 1.29 is 23.2 Å². The van der Waals surface area contributed by atoms with Gasteiger partial charge in [0.2, 0.25) is 0 Å². The Morgan fingerprint density at radius 2 is 1.06 bits per heavy atom. The SMILES string of the molecule is CCC[C]1([Zr][C]2(CCC)C=CC=C2)C=CC=C1. The summed E-state index contributed by atoms with van der Waals surface area (Å²) in [5.74, 6) is 0. The van der Waals surface area contributed by atoms with Crippen LogP contribution in [0.3, 0.4) is 0 Å². The first-order chi connectivity index (χ1) is 8.24. The average molecular weight is 306 g/mol. The van der Waals surface area contributed by atoms with Crippen molar-refractivity contribution in [3.05, 3.63) is 48.6 Å². The summed E-state index contributed by atoms with van der Waals surface area (Å²) >= 11 is -0.545. The summed E-state index contributed by atoms with van der Waals surface area (Å²) in [5, 5.41) is 0. The van der Waals surface area contributed by atoms with Gasteiger partial charge in [0.1, 0.15) is 0 Å². The predicted octanol–water partition coefficient (Wildman–Crippen LogP) is 5.24. The number of rotatable bonds is 6. The number of allylic oxidation sites excluding steroid dienone is 8. The first-order valence-corrected chi connectivity index (χ1v) is 9.23. The summed E-state index contributed by atoms with van der Waals surface area (Å²) in [4.78, 5) is 0. The van der Waals surface area contributed by atoms with Crippen LogP contribution in [0.1, 0.15) is 39.5 Å². The van der Waals surface area contributed by atoms with Crippen LogP contribution in [0.5, 0.6) is 0 Å². The van der Waals surface area contributed by atoms with Gasteiger partial charge < -0.3 is 0 Å². The molecule has 2 rings (SSSR count). The molecule has 0 aromatic rings. The summed E-state index contributed by atoms with van der Waals surface area (Å²) in [6, 6.07) is 0. The molecule has 0 aromatic carbocycles. The third-order valence-corrected chi connectivity index (χ3v) is 8.75. The Hall–Kier alpha value is -0.157. The van der Waals surface area contributed by atoms with E-state index in [9.17, 15) is 0 Å². The van der Waals surface area contributed by atoms with E-state index in [0.29, 0.717) is 6.25 Å². The molecule has 0 aromatic heterocycles. The fourth-order valence-electron chi connectivity index (χ4n) is 2.91. The van der Waals surface area contributed by atoms with Crippen LogP contribution in [0.15, 0.2) is 48.6 Å². The summed E-state index contributed by atoms with van der Waals surface area (Å²) < 4.78 is 0.957. The monoisotopic (exact) mass is 304 g/mol. The van der Waals surface area contributed by atoms with Gasteiger partial charge in [0.25, 0.3) is 0 Å². The Balaban J connectivity index is 2.17. The fourth-order valence-corrected chi connectivity index (χ4v) is 8.64. The van der Waals surface area contributed by atoms with Gasteiger partial charge >= 0.3 is 118 Å². The molecule has 2 aliphatic rings.